The van der Waals surface area contributed by atoms with Crippen molar-refractivity contribution in [3.8, 4) is 5.75 Å². The van der Waals surface area contributed by atoms with Crippen LogP contribution in [0.4, 0.5) is 0 Å². The maximum Gasteiger partial charge on any atom is 0.251 e. The quantitative estimate of drug-likeness (QED) is 0.674. The lowest BCUT2D eigenvalue weighted by Gasteiger charge is -2.22. The van der Waals surface area contributed by atoms with Gasteiger partial charge in [-0.15, -0.1) is 0 Å². The van der Waals surface area contributed by atoms with E-state index in [1.807, 2.05) is 19.1 Å². The molecule has 0 spiro atoms. The van der Waals surface area contributed by atoms with Crippen molar-refractivity contribution in [1.82, 2.24) is 10.0 Å². The van der Waals surface area contributed by atoms with E-state index < -0.39 is 15.6 Å². The van der Waals surface area contributed by atoms with Gasteiger partial charge in [0.15, 0.2) is 0 Å². The fourth-order valence-corrected chi connectivity index (χ4v) is 4.69. The Morgan fingerprint density at radius 3 is 2.41 bits per heavy atom. The normalized spacial score (nSPS) is 13.0. The van der Waals surface area contributed by atoms with Gasteiger partial charge in [0.05, 0.1) is 13.2 Å². The van der Waals surface area contributed by atoms with Gasteiger partial charge in [-0.3, -0.25) is 4.79 Å². The number of methoxy groups -OCH3 is 1. The van der Waals surface area contributed by atoms with Crippen molar-refractivity contribution < 1.29 is 17.9 Å². The summed E-state index contributed by atoms with van der Waals surface area (Å²) in [6.45, 7) is 7.17. The number of sulfonamides is 1. The second-order valence-corrected chi connectivity index (χ2v) is 9.80. The number of hydrogen-bond donors (Lipinski definition) is 2. The van der Waals surface area contributed by atoms with E-state index in [9.17, 15) is 13.2 Å². The molecule has 1 unspecified atom stereocenters. The maximum atomic E-state index is 12.8. The molecule has 1 amide bonds. The SMILES string of the molecule is CCC(NC(=O)c1ccc(OC)c(S(=O)(=O)NC(C)(C)C)c1)c1cccc(Cl)c1. The van der Waals surface area contributed by atoms with Gasteiger partial charge >= 0.3 is 0 Å². The lowest BCUT2D eigenvalue weighted by molar-refractivity contribution is 0.0935. The molecule has 1 atom stereocenters. The minimum Gasteiger partial charge on any atom is -0.495 e. The molecule has 2 rings (SSSR count). The molecule has 0 heterocycles. The van der Waals surface area contributed by atoms with Crippen molar-refractivity contribution in [3.63, 3.8) is 0 Å². The number of nitrogens with one attached hydrogen (secondary N) is 2. The highest BCUT2D eigenvalue weighted by Gasteiger charge is 2.26. The van der Waals surface area contributed by atoms with E-state index in [-0.39, 0.29) is 28.2 Å². The highest BCUT2D eigenvalue weighted by Crippen LogP contribution is 2.27. The van der Waals surface area contributed by atoms with Crippen molar-refractivity contribution in [2.45, 2.75) is 50.6 Å². The van der Waals surface area contributed by atoms with Crippen LogP contribution in [0, 0.1) is 0 Å². The van der Waals surface area contributed by atoms with Crippen molar-refractivity contribution in [1.29, 1.82) is 0 Å². The highest BCUT2D eigenvalue weighted by molar-refractivity contribution is 7.89. The third-order valence-corrected chi connectivity index (χ3v) is 6.13. The maximum absolute atomic E-state index is 12.8. The first kappa shape index (κ1) is 23.2. The summed E-state index contributed by atoms with van der Waals surface area (Å²) in [5.74, 6) is -0.216. The van der Waals surface area contributed by atoms with Crippen LogP contribution in [0.1, 0.15) is 56.1 Å². The van der Waals surface area contributed by atoms with Gasteiger partial charge in [0.2, 0.25) is 10.0 Å². The summed E-state index contributed by atoms with van der Waals surface area (Å²) in [4.78, 5) is 12.8. The van der Waals surface area contributed by atoms with Crippen LogP contribution in [0.25, 0.3) is 0 Å². The second-order valence-electron chi connectivity index (χ2n) is 7.71. The van der Waals surface area contributed by atoms with Crippen molar-refractivity contribution >= 4 is 27.5 Å². The lowest BCUT2D eigenvalue weighted by Crippen LogP contribution is -2.40. The van der Waals surface area contributed by atoms with Crippen LogP contribution in [0.2, 0.25) is 5.02 Å². The van der Waals surface area contributed by atoms with Gasteiger partial charge in [0, 0.05) is 16.1 Å². The molecule has 0 aliphatic carbocycles. The summed E-state index contributed by atoms with van der Waals surface area (Å²) < 4.78 is 33.4. The Hall–Kier alpha value is -2.09. The first-order chi connectivity index (χ1) is 13.5. The second kappa shape index (κ2) is 9.15. The number of carbonyl (C=O) groups excluding carboxylic acids is 1. The highest BCUT2D eigenvalue weighted by atomic mass is 35.5. The molecule has 0 aliphatic rings. The van der Waals surface area contributed by atoms with E-state index >= 15 is 0 Å². The first-order valence-electron chi connectivity index (χ1n) is 9.25. The van der Waals surface area contributed by atoms with E-state index in [1.165, 1.54) is 25.3 Å². The summed E-state index contributed by atoms with van der Waals surface area (Å²) in [6.07, 6.45) is 0.652. The average Bonchev–Trinajstić information content (AvgIpc) is 2.63. The number of rotatable bonds is 7. The van der Waals surface area contributed by atoms with Crippen LogP contribution in [-0.2, 0) is 10.0 Å². The third kappa shape index (κ3) is 6.19. The third-order valence-electron chi connectivity index (χ3n) is 4.12. The summed E-state index contributed by atoms with van der Waals surface area (Å²) in [5.41, 5.74) is 0.423. The molecule has 0 radical (unpaired) electrons. The van der Waals surface area contributed by atoms with Crippen LogP contribution >= 0.6 is 11.6 Å². The molecule has 8 heteroatoms. The fourth-order valence-electron chi connectivity index (χ4n) is 2.87. The number of carbonyl (C=O) groups is 1. The van der Waals surface area contributed by atoms with E-state index in [4.69, 9.17) is 16.3 Å². The molecule has 29 heavy (non-hydrogen) atoms. The van der Waals surface area contributed by atoms with E-state index in [0.29, 0.717) is 11.4 Å². The van der Waals surface area contributed by atoms with Crippen LogP contribution in [-0.4, -0.2) is 27.0 Å². The van der Waals surface area contributed by atoms with Crippen LogP contribution in [0.15, 0.2) is 47.4 Å². The number of benzene rings is 2. The van der Waals surface area contributed by atoms with Crippen LogP contribution < -0.4 is 14.8 Å². The molecule has 0 fully saturated rings. The van der Waals surface area contributed by atoms with Crippen LogP contribution in [0.5, 0.6) is 5.75 Å². The molecule has 6 nitrogen and oxygen atoms in total. The molecule has 158 valence electrons. The Bertz CT molecular complexity index is 984. The van der Waals surface area contributed by atoms with Gasteiger partial charge in [-0.1, -0.05) is 30.7 Å². The van der Waals surface area contributed by atoms with Gasteiger partial charge in [-0.2, -0.15) is 0 Å². The van der Waals surface area contributed by atoms with Gasteiger partial charge in [-0.05, 0) is 63.1 Å². The summed E-state index contributed by atoms with van der Waals surface area (Å²) in [6, 6.07) is 11.4. The molecule has 0 saturated carbocycles. The molecular formula is C21H27ClN2O4S. The largest absolute Gasteiger partial charge is 0.495 e. The minimum atomic E-state index is -3.88. The lowest BCUT2D eigenvalue weighted by atomic mass is 10.0. The van der Waals surface area contributed by atoms with Crippen LogP contribution in [0.3, 0.4) is 0 Å². The molecule has 0 aromatic heterocycles. The zero-order valence-electron chi connectivity index (χ0n) is 17.2. The number of ether oxygens (including phenoxy) is 1. The standard InChI is InChI=1S/C21H27ClN2O4S/c1-6-17(14-8-7-9-16(22)12-14)23-20(25)15-10-11-18(28-5)19(13-15)29(26,27)24-21(2,3)4/h7-13,17,24H,6H2,1-5H3,(H,23,25). The van der Waals surface area contributed by atoms with E-state index in [2.05, 4.69) is 10.0 Å². The molecule has 2 aromatic carbocycles. The van der Waals surface area contributed by atoms with Crippen molar-refractivity contribution in [3.05, 3.63) is 58.6 Å². The predicted molar refractivity (Wildman–Crippen MR) is 115 cm³/mol. The van der Waals surface area contributed by atoms with Crippen molar-refractivity contribution in [2.24, 2.45) is 0 Å². The van der Waals surface area contributed by atoms with Gasteiger partial charge in [-0.25, -0.2) is 13.1 Å². The van der Waals surface area contributed by atoms with Gasteiger partial charge < -0.3 is 10.1 Å². The molecule has 2 aromatic rings. The molecular weight excluding hydrogens is 412 g/mol. The minimum absolute atomic E-state index is 0.0848. The smallest absolute Gasteiger partial charge is 0.251 e. The fraction of sp³-hybridized carbons (Fsp3) is 0.381. The number of amides is 1. The van der Waals surface area contributed by atoms with E-state index in [1.54, 1.807) is 32.9 Å². The Labute approximate surface area is 177 Å². The summed E-state index contributed by atoms with van der Waals surface area (Å²) in [7, 11) is -2.49. The Balaban J connectivity index is 2.36. The molecule has 0 aliphatic heterocycles. The van der Waals surface area contributed by atoms with Gasteiger partial charge in [0.25, 0.3) is 5.91 Å². The molecule has 0 saturated heterocycles. The average molecular weight is 439 g/mol. The number of hydrogen-bond acceptors (Lipinski definition) is 4. The Morgan fingerprint density at radius 1 is 1.17 bits per heavy atom. The Kier molecular flexibility index (Phi) is 7.32. The topological polar surface area (TPSA) is 84.5 Å². The first-order valence-corrected chi connectivity index (χ1v) is 11.1. The number of halogens is 1. The molecule has 0 bridgehead atoms. The Morgan fingerprint density at radius 2 is 1.86 bits per heavy atom. The predicted octanol–water partition coefficient (Wildman–Crippen LogP) is 4.31. The monoisotopic (exact) mass is 438 g/mol. The summed E-state index contributed by atoms with van der Waals surface area (Å²) >= 11 is 6.06. The molecule has 2 N–H and O–H groups in total. The van der Waals surface area contributed by atoms with Crippen molar-refractivity contribution in [2.75, 3.05) is 7.11 Å². The zero-order valence-corrected chi connectivity index (χ0v) is 18.8. The zero-order chi connectivity index (χ0) is 21.8. The van der Waals surface area contributed by atoms with E-state index in [0.717, 1.165) is 5.56 Å². The van der Waals surface area contributed by atoms with Gasteiger partial charge in [0.1, 0.15) is 10.6 Å². The summed E-state index contributed by atoms with van der Waals surface area (Å²) in [5, 5.41) is 3.52.